The van der Waals surface area contributed by atoms with E-state index in [-0.39, 0.29) is 12.8 Å². The van der Waals surface area contributed by atoms with E-state index in [2.05, 4.69) is 19.8 Å². The van der Waals surface area contributed by atoms with Gasteiger partial charge in [0.05, 0.1) is 14.2 Å². The number of H-pyrrole nitrogens is 1. The lowest BCUT2D eigenvalue weighted by molar-refractivity contribution is -0.164. The summed E-state index contributed by atoms with van der Waals surface area (Å²) < 4.78 is 9.36. The van der Waals surface area contributed by atoms with E-state index in [1.54, 1.807) is 6.20 Å². The molecule has 2 N–H and O–H groups in total. The predicted octanol–water partition coefficient (Wildman–Crippen LogP) is 0.541. The van der Waals surface area contributed by atoms with Crippen molar-refractivity contribution in [3.8, 4) is 0 Å². The molecule has 0 spiro atoms. The molecule has 1 amide bonds. The molecule has 22 heavy (non-hydrogen) atoms. The Bertz CT molecular complexity index is 691. The lowest BCUT2D eigenvalue weighted by Crippen LogP contribution is -2.60. The average molecular weight is 304 g/mol. The maximum Gasteiger partial charge on any atom is 0.343 e. The first kappa shape index (κ1) is 15.6. The number of ether oxygens (including phenoxy) is 2. The van der Waals surface area contributed by atoms with Gasteiger partial charge in [-0.1, -0.05) is 18.2 Å². The van der Waals surface area contributed by atoms with Crippen LogP contribution in [0.3, 0.4) is 0 Å². The molecule has 7 nitrogen and oxygen atoms in total. The minimum atomic E-state index is -1.92. The first-order chi connectivity index (χ1) is 10.6. The van der Waals surface area contributed by atoms with Crippen molar-refractivity contribution in [3.63, 3.8) is 0 Å². The van der Waals surface area contributed by atoms with Crippen molar-refractivity contribution in [1.82, 2.24) is 10.3 Å². The number of hydrogen-bond acceptors (Lipinski definition) is 5. The highest BCUT2D eigenvalue weighted by molar-refractivity contribution is 6.07. The normalized spacial score (nSPS) is 11.0. The van der Waals surface area contributed by atoms with Gasteiger partial charge in [-0.2, -0.15) is 0 Å². The van der Waals surface area contributed by atoms with Gasteiger partial charge >= 0.3 is 11.9 Å². The van der Waals surface area contributed by atoms with Crippen LogP contribution in [0.4, 0.5) is 0 Å². The number of fused-ring (bicyclic) bond motifs is 1. The van der Waals surface area contributed by atoms with Gasteiger partial charge in [0.2, 0.25) is 11.9 Å². The van der Waals surface area contributed by atoms with Crippen molar-refractivity contribution in [1.29, 1.82) is 0 Å². The van der Waals surface area contributed by atoms with Crippen molar-refractivity contribution in [2.75, 3.05) is 14.2 Å². The lowest BCUT2D eigenvalue weighted by Gasteiger charge is -2.27. The van der Waals surface area contributed by atoms with Gasteiger partial charge < -0.3 is 19.8 Å². The molecule has 116 valence electrons. The van der Waals surface area contributed by atoms with Gasteiger partial charge in [0.15, 0.2) is 0 Å². The van der Waals surface area contributed by atoms with Crippen LogP contribution in [-0.2, 0) is 30.3 Å². The molecule has 0 saturated heterocycles. The molecule has 0 fully saturated rings. The largest absolute Gasteiger partial charge is 0.467 e. The third-order valence-corrected chi connectivity index (χ3v) is 3.50. The fourth-order valence-corrected chi connectivity index (χ4v) is 2.41. The first-order valence-electron chi connectivity index (χ1n) is 6.52. The van der Waals surface area contributed by atoms with E-state index in [1.165, 1.54) is 0 Å². The molecule has 2 aromatic rings. The molecule has 0 aliphatic heterocycles. The van der Waals surface area contributed by atoms with Gasteiger partial charge in [0.25, 0.3) is 0 Å². The van der Waals surface area contributed by atoms with Crippen molar-refractivity contribution < 1.29 is 23.9 Å². The van der Waals surface area contributed by atoms with Crippen LogP contribution >= 0.6 is 0 Å². The Kier molecular flexibility index (Phi) is 4.45. The number of carbonyl (C=O) groups excluding carboxylic acids is 3. The summed E-state index contributed by atoms with van der Waals surface area (Å²) in [6.07, 6.45) is 1.87. The van der Waals surface area contributed by atoms with E-state index >= 15 is 0 Å². The lowest BCUT2D eigenvalue weighted by atomic mass is 9.90. The summed E-state index contributed by atoms with van der Waals surface area (Å²) in [5.74, 6) is -1.78. The molecule has 1 heterocycles. The monoisotopic (exact) mass is 304 g/mol. The predicted molar refractivity (Wildman–Crippen MR) is 78.0 cm³/mol. The average Bonchev–Trinajstić information content (AvgIpc) is 2.95. The number of esters is 2. The maximum atomic E-state index is 12.1. The molecular weight excluding hydrogens is 288 g/mol. The third kappa shape index (κ3) is 2.52. The Hall–Kier alpha value is -2.83. The van der Waals surface area contributed by atoms with Gasteiger partial charge in [-0.3, -0.25) is 4.79 Å². The van der Waals surface area contributed by atoms with Gasteiger partial charge in [-0.05, 0) is 11.6 Å². The number of aromatic nitrogens is 1. The fourth-order valence-electron chi connectivity index (χ4n) is 2.41. The fraction of sp³-hybridized carbons (Fsp3) is 0.267. The minimum Gasteiger partial charge on any atom is -0.467 e. The first-order valence-corrected chi connectivity index (χ1v) is 6.52. The van der Waals surface area contributed by atoms with Crippen molar-refractivity contribution in [3.05, 3.63) is 36.0 Å². The number of methoxy groups -OCH3 is 2. The Morgan fingerprint density at radius 1 is 1.23 bits per heavy atom. The molecule has 0 saturated carbocycles. The van der Waals surface area contributed by atoms with Crippen molar-refractivity contribution in [2.24, 2.45) is 0 Å². The minimum absolute atomic E-state index is 0.0882. The van der Waals surface area contributed by atoms with Crippen LogP contribution in [0.25, 0.3) is 10.9 Å². The van der Waals surface area contributed by atoms with E-state index in [1.807, 2.05) is 24.3 Å². The molecule has 1 aromatic carbocycles. The maximum absolute atomic E-state index is 12.1. The zero-order valence-corrected chi connectivity index (χ0v) is 12.2. The van der Waals surface area contributed by atoms with Crippen LogP contribution in [0.2, 0.25) is 0 Å². The highest BCUT2D eigenvalue weighted by atomic mass is 16.5. The number of aromatic amines is 1. The van der Waals surface area contributed by atoms with Crippen molar-refractivity contribution >= 4 is 29.3 Å². The van der Waals surface area contributed by atoms with Crippen LogP contribution in [0.15, 0.2) is 30.5 Å². The Balaban J connectivity index is 2.51. The number of benzene rings is 1. The summed E-state index contributed by atoms with van der Waals surface area (Å²) in [6, 6.07) is 7.41. The number of amides is 1. The molecule has 0 aliphatic carbocycles. The number of carbonyl (C=O) groups is 3. The van der Waals surface area contributed by atoms with Crippen LogP contribution in [0.1, 0.15) is 5.56 Å². The summed E-state index contributed by atoms with van der Waals surface area (Å²) in [6.45, 7) is 0. The zero-order valence-electron chi connectivity index (χ0n) is 12.2. The van der Waals surface area contributed by atoms with Gasteiger partial charge in [0.1, 0.15) is 0 Å². The highest BCUT2D eigenvalue weighted by Crippen LogP contribution is 2.24. The molecule has 0 aliphatic rings. The van der Waals surface area contributed by atoms with E-state index in [0.29, 0.717) is 5.56 Å². The summed E-state index contributed by atoms with van der Waals surface area (Å²) >= 11 is 0. The summed E-state index contributed by atoms with van der Waals surface area (Å²) in [5, 5.41) is 3.10. The van der Waals surface area contributed by atoms with Gasteiger partial charge in [-0.15, -0.1) is 0 Å². The standard InChI is InChI=1S/C15H16N2O5/c1-21-13(19)15(17-9-18,14(20)22-2)7-10-8-16-12-6-4-3-5-11(10)12/h3-6,8-9,16H,7H2,1-2H3,(H,17,18). The molecule has 0 radical (unpaired) electrons. The topological polar surface area (TPSA) is 97.5 Å². The van der Waals surface area contributed by atoms with Crippen LogP contribution in [0, 0.1) is 0 Å². The van der Waals surface area contributed by atoms with E-state index in [4.69, 9.17) is 0 Å². The summed E-state index contributed by atoms with van der Waals surface area (Å²) in [7, 11) is 2.28. The second-order valence-corrected chi connectivity index (χ2v) is 4.69. The van der Waals surface area contributed by atoms with Gasteiger partial charge in [-0.25, -0.2) is 9.59 Å². The quantitative estimate of drug-likeness (QED) is 0.461. The molecule has 2 rings (SSSR count). The number of hydrogen-bond donors (Lipinski definition) is 2. The smallest absolute Gasteiger partial charge is 0.343 e. The van der Waals surface area contributed by atoms with Crippen LogP contribution in [0.5, 0.6) is 0 Å². The molecule has 0 bridgehead atoms. The highest BCUT2D eigenvalue weighted by Gasteiger charge is 2.49. The van der Waals surface area contributed by atoms with Crippen molar-refractivity contribution in [2.45, 2.75) is 12.0 Å². The molecule has 1 aromatic heterocycles. The Morgan fingerprint density at radius 3 is 2.45 bits per heavy atom. The zero-order chi connectivity index (χ0) is 16.2. The van der Waals surface area contributed by atoms with Crippen LogP contribution < -0.4 is 5.32 Å². The SMILES string of the molecule is COC(=O)C(Cc1c[nH]c2ccccc12)(NC=O)C(=O)OC. The third-order valence-electron chi connectivity index (χ3n) is 3.50. The second kappa shape index (κ2) is 6.30. The molecule has 0 atom stereocenters. The Morgan fingerprint density at radius 2 is 1.86 bits per heavy atom. The Labute approximate surface area is 126 Å². The molecular formula is C15H16N2O5. The van der Waals surface area contributed by atoms with Gasteiger partial charge in [0, 0.05) is 23.5 Å². The van der Waals surface area contributed by atoms with Crippen LogP contribution in [-0.4, -0.2) is 43.1 Å². The van der Waals surface area contributed by atoms with E-state index in [9.17, 15) is 14.4 Å². The summed E-state index contributed by atoms with van der Waals surface area (Å²) in [5.41, 5.74) is -0.385. The number of para-hydroxylation sites is 1. The van der Waals surface area contributed by atoms with E-state index in [0.717, 1.165) is 25.1 Å². The second-order valence-electron chi connectivity index (χ2n) is 4.69. The molecule has 0 unspecified atom stereocenters. The molecule has 7 heteroatoms. The number of nitrogens with one attached hydrogen (secondary N) is 2. The van der Waals surface area contributed by atoms with E-state index < -0.39 is 17.5 Å². The summed E-state index contributed by atoms with van der Waals surface area (Å²) in [4.78, 5) is 38.2. The number of rotatable bonds is 6.